The first-order valence-electron chi connectivity index (χ1n) is 20.6. The van der Waals surface area contributed by atoms with E-state index in [4.69, 9.17) is 20.9 Å². The number of carbonyl (C=O) groups excluding carboxylic acids is 5. The highest BCUT2D eigenvalue weighted by Gasteiger charge is 2.49. The Morgan fingerprint density at radius 2 is 1.57 bits per heavy atom. The number of hydrogen-bond donors (Lipinski definition) is 6. The van der Waals surface area contributed by atoms with Crippen molar-refractivity contribution in [2.24, 2.45) is 34.6 Å². The minimum atomic E-state index is -1.16. The van der Waals surface area contributed by atoms with Crippen LogP contribution in [0.15, 0.2) is 0 Å². The molecule has 1 aliphatic heterocycles. The van der Waals surface area contributed by atoms with E-state index in [9.17, 15) is 24.0 Å². The molecule has 1 heterocycles. The van der Waals surface area contributed by atoms with E-state index in [0.29, 0.717) is 37.0 Å². The second kappa shape index (κ2) is 19.2. The van der Waals surface area contributed by atoms with E-state index in [1.54, 1.807) is 7.05 Å². The molecule has 5 fully saturated rings. The third-order valence-corrected chi connectivity index (χ3v) is 12.9. The van der Waals surface area contributed by atoms with Crippen molar-refractivity contribution in [3.63, 3.8) is 0 Å². The van der Waals surface area contributed by atoms with Gasteiger partial charge in [0.1, 0.15) is 24.2 Å². The summed E-state index contributed by atoms with van der Waals surface area (Å²) >= 11 is 0. The van der Waals surface area contributed by atoms with E-state index in [-0.39, 0.29) is 50.3 Å². The number of nitrogens with two attached hydrogens (primary N) is 2. The number of hydrogen-bond acceptors (Lipinski definition) is 9. The fourth-order valence-corrected chi connectivity index (χ4v) is 9.29. The molecule has 14 heteroatoms. The van der Waals surface area contributed by atoms with Gasteiger partial charge in [-0.05, 0) is 81.5 Å². The van der Waals surface area contributed by atoms with Gasteiger partial charge in [-0.3, -0.25) is 24.0 Å². The van der Waals surface area contributed by atoms with E-state index in [0.717, 1.165) is 57.8 Å². The van der Waals surface area contributed by atoms with Gasteiger partial charge in [-0.1, -0.05) is 52.4 Å². The zero-order valence-electron chi connectivity index (χ0n) is 32.4. The summed E-state index contributed by atoms with van der Waals surface area (Å²) in [6, 6.07) is -3.89. The fourth-order valence-electron chi connectivity index (χ4n) is 9.29. The lowest BCUT2D eigenvalue weighted by Crippen LogP contribution is -2.62. The van der Waals surface area contributed by atoms with Gasteiger partial charge in [0.05, 0.1) is 31.3 Å². The molecular formula is C39H67N7O7. The van der Waals surface area contributed by atoms with Gasteiger partial charge in [0, 0.05) is 26.2 Å². The van der Waals surface area contributed by atoms with E-state index in [2.05, 4.69) is 21.3 Å². The highest BCUT2D eigenvalue weighted by atomic mass is 16.5. The van der Waals surface area contributed by atoms with Gasteiger partial charge >= 0.3 is 0 Å². The molecule has 1 saturated heterocycles. The van der Waals surface area contributed by atoms with Gasteiger partial charge in [0.15, 0.2) is 0 Å². The SMILES string of the molecule is CCC[C@H]1C(=O)N[C@@H](C2CCCCCC2)C(=O)N[C@@H](CN)C(=O)N[C@@H](CO[C@H]2C[C@H](N)C2)C(=O)NCCO[C@H](CC2CC3(CCC3)C2)[C@@H](C)C(=O)N1C. The van der Waals surface area contributed by atoms with Crippen LogP contribution in [-0.2, 0) is 33.4 Å². The first kappa shape index (κ1) is 41.4. The first-order valence-corrected chi connectivity index (χ1v) is 20.6. The Bertz CT molecular complexity index is 1260. The van der Waals surface area contributed by atoms with Gasteiger partial charge in [0.25, 0.3) is 0 Å². The Balaban J connectivity index is 1.40. The monoisotopic (exact) mass is 746 g/mol. The first-order chi connectivity index (χ1) is 25.4. The molecule has 0 aromatic rings. The van der Waals surface area contributed by atoms with Crippen LogP contribution in [0, 0.1) is 23.2 Å². The summed E-state index contributed by atoms with van der Waals surface area (Å²) in [7, 11) is 1.67. The molecule has 300 valence electrons. The maximum absolute atomic E-state index is 14.2. The minimum absolute atomic E-state index is 0.0484. The molecule has 5 aliphatic rings. The molecule has 4 aliphatic carbocycles. The van der Waals surface area contributed by atoms with Crippen molar-refractivity contribution in [1.29, 1.82) is 0 Å². The number of amides is 5. The van der Waals surface area contributed by atoms with Gasteiger partial charge < -0.3 is 47.1 Å². The summed E-state index contributed by atoms with van der Waals surface area (Å²) in [5.74, 6) is -2.40. The normalized spacial score (nSPS) is 34.5. The third-order valence-electron chi connectivity index (χ3n) is 12.9. The van der Waals surface area contributed by atoms with Crippen LogP contribution in [-0.4, -0.2) is 110 Å². The van der Waals surface area contributed by atoms with Crippen molar-refractivity contribution < 1.29 is 33.4 Å². The van der Waals surface area contributed by atoms with Crippen LogP contribution in [0.5, 0.6) is 0 Å². The average molecular weight is 746 g/mol. The van der Waals surface area contributed by atoms with Gasteiger partial charge in [-0.25, -0.2) is 0 Å². The lowest BCUT2D eigenvalue weighted by molar-refractivity contribution is -0.148. The lowest BCUT2D eigenvalue weighted by Gasteiger charge is -2.55. The fraction of sp³-hybridized carbons (Fsp3) is 0.872. The number of nitrogens with zero attached hydrogens (tertiary/aromatic N) is 1. The molecule has 0 aromatic carbocycles. The number of carbonyl (C=O) groups is 5. The molecule has 0 bridgehead atoms. The number of likely N-dealkylation sites (N-methyl/N-ethyl adjacent to an activating group) is 1. The molecule has 4 saturated carbocycles. The standard InChI is InChI=1S/C39H67N7O7/c1-4-10-31-36(49)45-33(26-11-7-5-6-8-12-26)37(50)43-29(22-40)35(48)44-30(23-53-28-18-27(41)19-28)34(47)42-15-16-52-32(24(2)38(51)46(31)3)17-25-20-39(21-25)13-9-14-39/h24-33H,4-23,40-41H2,1-3H3,(H,42,47)(H,43,50)(H,44,48)(H,45,49)/t24-,27-,28-,29+,30+,31+,32-,33+/m1/s1. The predicted octanol–water partition coefficient (Wildman–Crippen LogP) is 1.62. The topological polar surface area (TPSA) is 207 Å². The van der Waals surface area contributed by atoms with E-state index >= 15 is 0 Å². The molecular weight excluding hydrogens is 678 g/mol. The maximum atomic E-state index is 14.2. The van der Waals surface area contributed by atoms with Gasteiger partial charge in [0.2, 0.25) is 29.5 Å². The quantitative estimate of drug-likeness (QED) is 0.190. The van der Waals surface area contributed by atoms with Crippen molar-refractivity contribution in [2.75, 3.05) is 33.4 Å². The molecule has 0 radical (unpaired) electrons. The molecule has 5 rings (SSSR count). The van der Waals surface area contributed by atoms with Crippen LogP contribution >= 0.6 is 0 Å². The number of nitrogens with one attached hydrogen (secondary N) is 4. The van der Waals surface area contributed by atoms with Crippen LogP contribution in [0.1, 0.15) is 117 Å². The molecule has 53 heavy (non-hydrogen) atoms. The Morgan fingerprint density at radius 3 is 2.17 bits per heavy atom. The van der Waals surface area contributed by atoms with E-state index in [1.807, 2.05) is 13.8 Å². The van der Waals surface area contributed by atoms with Crippen LogP contribution in [0.4, 0.5) is 0 Å². The molecule has 1 spiro atoms. The summed E-state index contributed by atoms with van der Waals surface area (Å²) in [5.41, 5.74) is 12.4. The zero-order valence-corrected chi connectivity index (χ0v) is 32.4. The summed E-state index contributed by atoms with van der Waals surface area (Å²) in [4.78, 5) is 71.2. The summed E-state index contributed by atoms with van der Waals surface area (Å²) in [6.45, 7) is 3.86. The maximum Gasteiger partial charge on any atom is 0.245 e. The highest BCUT2D eigenvalue weighted by Crippen LogP contribution is 2.60. The zero-order chi connectivity index (χ0) is 38.1. The highest BCUT2D eigenvalue weighted by molar-refractivity contribution is 5.96. The van der Waals surface area contributed by atoms with Crippen LogP contribution < -0.4 is 32.7 Å². The van der Waals surface area contributed by atoms with Crippen molar-refractivity contribution in [3.05, 3.63) is 0 Å². The summed E-state index contributed by atoms with van der Waals surface area (Å²) < 4.78 is 12.4. The van der Waals surface area contributed by atoms with Crippen molar-refractivity contribution in [1.82, 2.24) is 26.2 Å². The van der Waals surface area contributed by atoms with E-state index < -0.39 is 59.8 Å². The van der Waals surface area contributed by atoms with Gasteiger partial charge in [-0.15, -0.1) is 0 Å². The van der Waals surface area contributed by atoms with Crippen molar-refractivity contribution >= 4 is 29.5 Å². The molecule has 0 unspecified atom stereocenters. The summed E-state index contributed by atoms with van der Waals surface area (Å²) in [5, 5.41) is 11.5. The van der Waals surface area contributed by atoms with Crippen LogP contribution in [0.25, 0.3) is 0 Å². The van der Waals surface area contributed by atoms with Crippen molar-refractivity contribution in [2.45, 2.75) is 159 Å². The van der Waals surface area contributed by atoms with Crippen LogP contribution in [0.3, 0.4) is 0 Å². The van der Waals surface area contributed by atoms with Crippen molar-refractivity contribution in [3.8, 4) is 0 Å². The molecule has 0 aromatic heterocycles. The summed E-state index contributed by atoms with van der Waals surface area (Å²) in [6.07, 6.45) is 14.1. The Morgan fingerprint density at radius 1 is 0.887 bits per heavy atom. The second-order valence-corrected chi connectivity index (χ2v) is 16.9. The van der Waals surface area contributed by atoms with Crippen LogP contribution in [0.2, 0.25) is 0 Å². The largest absolute Gasteiger partial charge is 0.376 e. The molecule has 8 N–H and O–H groups in total. The predicted molar refractivity (Wildman–Crippen MR) is 200 cm³/mol. The van der Waals surface area contributed by atoms with Gasteiger partial charge in [-0.2, -0.15) is 0 Å². The Hall–Kier alpha value is -2.81. The number of ether oxygens (including phenoxy) is 2. The molecule has 6 atom stereocenters. The lowest BCUT2D eigenvalue weighted by atomic mass is 9.51. The minimum Gasteiger partial charge on any atom is -0.376 e. The second-order valence-electron chi connectivity index (χ2n) is 16.9. The Kier molecular flexibility index (Phi) is 15.0. The third kappa shape index (κ3) is 10.7. The Labute approximate surface area is 315 Å². The van der Waals surface area contributed by atoms with E-state index in [1.165, 1.54) is 24.2 Å². The average Bonchev–Trinajstić information content (AvgIpc) is 3.38. The molecule has 14 nitrogen and oxygen atoms in total. The smallest absolute Gasteiger partial charge is 0.245 e. The molecule has 5 amide bonds. The number of rotatable bonds is 9.